The molecule has 1 saturated heterocycles. The van der Waals surface area contributed by atoms with Gasteiger partial charge in [-0.25, -0.2) is 4.98 Å². The van der Waals surface area contributed by atoms with Gasteiger partial charge in [0.1, 0.15) is 5.01 Å². The SMILES string of the molecule is CN1CCN(Cc2nc3cc(C(F)(F)F)ccc3s2)CC1. The summed E-state index contributed by atoms with van der Waals surface area (Å²) < 4.78 is 38.9. The van der Waals surface area contributed by atoms with Crippen molar-refractivity contribution < 1.29 is 13.2 Å². The highest BCUT2D eigenvalue weighted by Crippen LogP contribution is 2.33. The molecule has 0 spiro atoms. The van der Waals surface area contributed by atoms with E-state index in [0.29, 0.717) is 12.1 Å². The summed E-state index contributed by atoms with van der Waals surface area (Å²) in [4.78, 5) is 8.93. The number of halogens is 3. The van der Waals surface area contributed by atoms with Crippen molar-refractivity contribution in [3.63, 3.8) is 0 Å². The zero-order chi connectivity index (χ0) is 15.0. The number of hydrogen-bond acceptors (Lipinski definition) is 4. The van der Waals surface area contributed by atoms with E-state index >= 15 is 0 Å². The van der Waals surface area contributed by atoms with E-state index < -0.39 is 11.7 Å². The highest BCUT2D eigenvalue weighted by atomic mass is 32.1. The van der Waals surface area contributed by atoms with E-state index in [-0.39, 0.29) is 0 Å². The molecule has 0 N–H and O–H groups in total. The first-order valence-corrected chi connectivity index (χ1v) is 7.61. The molecule has 0 aliphatic carbocycles. The van der Waals surface area contributed by atoms with Gasteiger partial charge in [-0.05, 0) is 25.2 Å². The van der Waals surface area contributed by atoms with Crippen molar-refractivity contribution in [2.45, 2.75) is 12.7 Å². The Morgan fingerprint density at radius 1 is 1.19 bits per heavy atom. The largest absolute Gasteiger partial charge is 0.416 e. The molecule has 0 amide bonds. The van der Waals surface area contributed by atoms with Crippen molar-refractivity contribution in [2.75, 3.05) is 33.2 Å². The molecule has 7 heteroatoms. The van der Waals surface area contributed by atoms with Crippen molar-refractivity contribution >= 4 is 21.6 Å². The number of hydrogen-bond donors (Lipinski definition) is 0. The first kappa shape index (κ1) is 14.7. The number of piperazine rings is 1. The second-order valence-electron chi connectivity index (χ2n) is 5.37. The van der Waals surface area contributed by atoms with E-state index in [0.717, 1.165) is 48.0 Å². The third-order valence-corrected chi connectivity index (χ3v) is 4.74. The van der Waals surface area contributed by atoms with E-state index in [1.807, 2.05) is 0 Å². The molecule has 0 atom stereocenters. The predicted molar refractivity (Wildman–Crippen MR) is 77.4 cm³/mol. The van der Waals surface area contributed by atoms with Crippen molar-refractivity contribution in [1.82, 2.24) is 14.8 Å². The molecule has 1 aliphatic heterocycles. The molecule has 0 bridgehead atoms. The van der Waals surface area contributed by atoms with Crippen LogP contribution in [0.2, 0.25) is 0 Å². The summed E-state index contributed by atoms with van der Waals surface area (Å²) in [6, 6.07) is 3.78. The van der Waals surface area contributed by atoms with Crippen LogP contribution in [0.25, 0.3) is 10.2 Å². The van der Waals surface area contributed by atoms with Crippen LogP contribution < -0.4 is 0 Å². The minimum atomic E-state index is -4.31. The van der Waals surface area contributed by atoms with Crippen LogP contribution in [0.15, 0.2) is 18.2 Å². The third kappa shape index (κ3) is 3.36. The Kier molecular flexibility index (Phi) is 3.90. The number of thiazole rings is 1. The molecule has 3 rings (SSSR count). The Morgan fingerprint density at radius 3 is 2.57 bits per heavy atom. The predicted octanol–water partition coefficient (Wildman–Crippen LogP) is 3.06. The molecule has 1 fully saturated rings. The summed E-state index contributed by atoms with van der Waals surface area (Å²) in [6.45, 7) is 4.70. The van der Waals surface area contributed by atoms with Crippen LogP contribution in [0, 0.1) is 0 Å². The van der Waals surface area contributed by atoms with Gasteiger partial charge in [0, 0.05) is 26.2 Å². The number of alkyl halides is 3. The van der Waals surface area contributed by atoms with Gasteiger partial charge in [-0.15, -0.1) is 11.3 Å². The highest BCUT2D eigenvalue weighted by Gasteiger charge is 2.30. The van der Waals surface area contributed by atoms with Crippen molar-refractivity contribution in [3.05, 3.63) is 28.8 Å². The minimum absolute atomic E-state index is 0.443. The van der Waals surface area contributed by atoms with Crippen LogP contribution in [0.1, 0.15) is 10.6 Å². The van der Waals surface area contributed by atoms with Crippen molar-refractivity contribution in [1.29, 1.82) is 0 Å². The van der Waals surface area contributed by atoms with Gasteiger partial charge in [-0.2, -0.15) is 13.2 Å². The maximum absolute atomic E-state index is 12.7. The maximum Gasteiger partial charge on any atom is 0.416 e. The lowest BCUT2D eigenvalue weighted by molar-refractivity contribution is -0.137. The monoisotopic (exact) mass is 315 g/mol. The number of benzene rings is 1. The fourth-order valence-corrected chi connectivity index (χ4v) is 3.41. The molecular weight excluding hydrogens is 299 g/mol. The van der Waals surface area contributed by atoms with Gasteiger partial charge in [-0.1, -0.05) is 0 Å². The molecule has 2 aromatic rings. The molecular formula is C14H16F3N3S. The summed E-state index contributed by atoms with van der Waals surface area (Å²) in [7, 11) is 2.09. The van der Waals surface area contributed by atoms with Crippen LogP contribution in [0.4, 0.5) is 13.2 Å². The van der Waals surface area contributed by atoms with Gasteiger partial charge in [-0.3, -0.25) is 4.90 Å². The standard InChI is InChI=1S/C14H16F3N3S/c1-19-4-6-20(7-5-19)9-13-18-11-8-10(14(15,16)17)2-3-12(11)21-13/h2-3,8H,4-7,9H2,1H3. The van der Waals surface area contributed by atoms with E-state index in [1.165, 1.54) is 17.4 Å². The number of rotatable bonds is 2. The van der Waals surface area contributed by atoms with Gasteiger partial charge in [0.15, 0.2) is 0 Å². The van der Waals surface area contributed by atoms with Gasteiger partial charge >= 0.3 is 6.18 Å². The van der Waals surface area contributed by atoms with Crippen molar-refractivity contribution in [3.8, 4) is 0 Å². The Bertz CT molecular complexity index is 630. The fraction of sp³-hybridized carbons (Fsp3) is 0.500. The summed E-state index contributed by atoms with van der Waals surface area (Å²) in [5.74, 6) is 0. The lowest BCUT2D eigenvalue weighted by Gasteiger charge is -2.31. The smallest absolute Gasteiger partial charge is 0.304 e. The molecule has 0 saturated carbocycles. The number of nitrogens with zero attached hydrogens (tertiary/aromatic N) is 3. The van der Waals surface area contributed by atoms with Crippen LogP contribution in [-0.4, -0.2) is 48.0 Å². The normalized spacial score (nSPS) is 18.5. The lowest BCUT2D eigenvalue weighted by Crippen LogP contribution is -2.43. The first-order valence-electron chi connectivity index (χ1n) is 6.79. The second-order valence-corrected chi connectivity index (χ2v) is 6.48. The second kappa shape index (κ2) is 5.55. The van der Waals surface area contributed by atoms with E-state index in [4.69, 9.17) is 0 Å². The molecule has 21 heavy (non-hydrogen) atoms. The summed E-state index contributed by atoms with van der Waals surface area (Å²) >= 11 is 1.48. The maximum atomic E-state index is 12.7. The topological polar surface area (TPSA) is 19.4 Å². The van der Waals surface area contributed by atoms with Crippen LogP contribution in [0.5, 0.6) is 0 Å². The molecule has 0 radical (unpaired) electrons. The van der Waals surface area contributed by atoms with Crippen LogP contribution >= 0.6 is 11.3 Å². The molecule has 0 unspecified atom stereocenters. The molecule has 114 valence electrons. The number of likely N-dealkylation sites (N-methyl/N-ethyl adjacent to an activating group) is 1. The zero-order valence-electron chi connectivity index (χ0n) is 11.7. The summed E-state index contributed by atoms with van der Waals surface area (Å²) in [6.07, 6.45) is -4.31. The van der Waals surface area contributed by atoms with E-state index in [9.17, 15) is 13.2 Å². The van der Waals surface area contributed by atoms with Crippen LogP contribution in [0.3, 0.4) is 0 Å². The number of fused-ring (bicyclic) bond motifs is 1. The van der Waals surface area contributed by atoms with E-state index in [2.05, 4.69) is 21.8 Å². The van der Waals surface area contributed by atoms with Crippen molar-refractivity contribution in [2.24, 2.45) is 0 Å². The third-order valence-electron chi connectivity index (χ3n) is 3.71. The van der Waals surface area contributed by atoms with Gasteiger partial charge in [0.05, 0.1) is 22.3 Å². The van der Waals surface area contributed by atoms with Gasteiger partial charge in [0.2, 0.25) is 0 Å². The zero-order valence-corrected chi connectivity index (χ0v) is 12.5. The van der Waals surface area contributed by atoms with Crippen LogP contribution in [-0.2, 0) is 12.7 Å². The van der Waals surface area contributed by atoms with E-state index in [1.54, 1.807) is 0 Å². The Labute approximate surface area is 125 Å². The molecule has 1 aromatic heterocycles. The lowest BCUT2D eigenvalue weighted by atomic mass is 10.2. The summed E-state index contributed by atoms with van der Waals surface area (Å²) in [5, 5.41) is 0.883. The molecule has 2 heterocycles. The quantitative estimate of drug-likeness (QED) is 0.849. The fourth-order valence-electron chi connectivity index (χ4n) is 2.42. The Hall–Kier alpha value is -1.18. The average Bonchev–Trinajstić information content (AvgIpc) is 2.81. The van der Waals surface area contributed by atoms with Gasteiger partial charge in [0.25, 0.3) is 0 Å². The summed E-state index contributed by atoms with van der Waals surface area (Å²) in [5.41, 5.74) is -0.189. The Balaban J connectivity index is 1.78. The number of aromatic nitrogens is 1. The Morgan fingerprint density at radius 2 is 1.90 bits per heavy atom. The first-order chi connectivity index (χ1) is 9.91. The minimum Gasteiger partial charge on any atom is -0.304 e. The molecule has 1 aromatic carbocycles. The van der Waals surface area contributed by atoms with Gasteiger partial charge < -0.3 is 4.90 Å². The average molecular weight is 315 g/mol. The highest BCUT2D eigenvalue weighted by molar-refractivity contribution is 7.18. The molecule has 3 nitrogen and oxygen atoms in total. The molecule has 1 aliphatic rings.